The Labute approximate surface area is 131 Å². The van der Waals surface area contributed by atoms with Gasteiger partial charge >= 0.3 is 0 Å². The van der Waals surface area contributed by atoms with Gasteiger partial charge in [-0.3, -0.25) is 0 Å². The largest absolute Gasteiger partial charge is 0.350 e. The van der Waals surface area contributed by atoms with E-state index in [1.165, 1.54) is 43.3 Å². The first-order valence-electron chi connectivity index (χ1n) is 8.86. The smallest absolute Gasteiger partial charge is 0.158 e. The summed E-state index contributed by atoms with van der Waals surface area (Å²) in [5.74, 6) is 0.661. The zero-order chi connectivity index (χ0) is 15.5. The Bertz CT molecular complexity index is 318. The van der Waals surface area contributed by atoms with E-state index < -0.39 is 0 Å². The Hall–Kier alpha value is -0.120. The van der Waals surface area contributed by atoms with Gasteiger partial charge in [-0.25, -0.2) is 0 Å². The van der Waals surface area contributed by atoms with Crippen LogP contribution in [0, 0.1) is 11.3 Å². The second kappa shape index (κ2) is 6.97. The van der Waals surface area contributed by atoms with Gasteiger partial charge in [0, 0.05) is 6.42 Å². The van der Waals surface area contributed by atoms with Crippen molar-refractivity contribution in [3.8, 4) is 0 Å². The molecule has 2 rings (SSSR count). The van der Waals surface area contributed by atoms with E-state index in [1.807, 2.05) is 0 Å². The average molecular weight is 298 g/mol. The summed E-state index contributed by atoms with van der Waals surface area (Å²) in [6.45, 7) is 13.8. The SMILES string of the molecule is C[C@@H](C[C@@H]1OC[C@H](C[N+]2(C)CCCCC2)O1)CC(C)(C)C. The van der Waals surface area contributed by atoms with Gasteiger partial charge in [0.1, 0.15) is 12.6 Å². The molecule has 0 aromatic carbocycles. The number of piperidine rings is 1. The molecule has 2 heterocycles. The molecular weight excluding hydrogens is 262 g/mol. The van der Waals surface area contributed by atoms with Crippen molar-refractivity contribution in [1.29, 1.82) is 0 Å². The molecule has 2 aliphatic rings. The van der Waals surface area contributed by atoms with Gasteiger partial charge in [0.05, 0.1) is 26.7 Å². The minimum Gasteiger partial charge on any atom is -0.350 e. The van der Waals surface area contributed by atoms with Gasteiger partial charge in [-0.2, -0.15) is 0 Å². The summed E-state index contributed by atoms with van der Waals surface area (Å²) < 4.78 is 13.3. The minimum atomic E-state index is 0.0312. The van der Waals surface area contributed by atoms with Crippen LogP contribution in [0.4, 0.5) is 0 Å². The fraction of sp³-hybridized carbons (Fsp3) is 1.00. The highest BCUT2D eigenvalue weighted by atomic mass is 16.7. The van der Waals surface area contributed by atoms with E-state index in [2.05, 4.69) is 34.7 Å². The maximum atomic E-state index is 6.18. The topological polar surface area (TPSA) is 18.5 Å². The van der Waals surface area contributed by atoms with Gasteiger partial charge in [-0.15, -0.1) is 0 Å². The summed E-state index contributed by atoms with van der Waals surface area (Å²) in [7, 11) is 2.39. The monoisotopic (exact) mass is 298 g/mol. The van der Waals surface area contributed by atoms with E-state index in [-0.39, 0.29) is 6.29 Å². The Kier molecular flexibility index (Phi) is 5.72. The number of ether oxygens (including phenoxy) is 2. The number of rotatable bonds is 5. The standard InChI is InChI=1S/C18H36NO2/c1-15(12-18(2,3)4)11-17-20-14-16(21-17)13-19(5)9-7-6-8-10-19/h15-17H,6-14H2,1-5H3/q+1/t15-,16-,17+/m0/s1. The fourth-order valence-electron chi connectivity index (χ4n) is 4.13. The molecule has 0 saturated carbocycles. The van der Waals surface area contributed by atoms with E-state index in [4.69, 9.17) is 9.47 Å². The molecule has 21 heavy (non-hydrogen) atoms. The van der Waals surface area contributed by atoms with Gasteiger partial charge < -0.3 is 14.0 Å². The molecule has 2 fully saturated rings. The molecule has 2 saturated heterocycles. The van der Waals surface area contributed by atoms with Crippen molar-refractivity contribution < 1.29 is 14.0 Å². The lowest BCUT2D eigenvalue weighted by Gasteiger charge is -2.39. The van der Waals surface area contributed by atoms with Crippen LogP contribution in [0.25, 0.3) is 0 Å². The number of hydrogen-bond donors (Lipinski definition) is 0. The van der Waals surface area contributed by atoms with Crippen LogP contribution in [0.5, 0.6) is 0 Å². The Balaban J connectivity index is 1.73. The van der Waals surface area contributed by atoms with Crippen LogP contribution < -0.4 is 0 Å². The Morgan fingerprint density at radius 3 is 2.43 bits per heavy atom. The van der Waals surface area contributed by atoms with Gasteiger partial charge in [-0.1, -0.05) is 27.7 Å². The molecule has 0 bridgehead atoms. The Morgan fingerprint density at radius 2 is 1.81 bits per heavy atom. The quantitative estimate of drug-likeness (QED) is 0.718. The van der Waals surface area contributed by atoms with Crippen molar-refractivity contribution >= 4 is 0 Å². The predicted molar refractivity (Wildman–Crippen MR) is 87.1 cm³/mol. The second-order valence-corrected chi connectivity index (χ2v) is 8.94. The third kappa shape index (κ3) is 5.88. The maximum absolute atomic E-state index is 6.18. The average Bonchev–Trinajstić information content (AvgIpc) is 2.73. The molecule has 3 heteroatoms. The Morgan fingerprint density at radius 1 is 1.14 bits per heavy atom. The van der Waals surface area contributed by atoms with Gasteiger partial charge in [0.25, 0.3) is 0 Å². The number of likely N-dealkylation sites (N-methyl/N-ethyl adjacent to an activating group) is 1. The third-order valence-corrected chi connectivity index (χ3v) is 4.91. The summed E-state index contributed by atoms with van der Waals surface area (Å²) in [5.41, 5.74) is 0.393. The maximum Gasteiger partial charge on any atom is 0.158 e. The van der Waals surface area contributed by atoms with Crippen LogP contribution in [0.1, 0.15) is 59.8 Å². The van der Waals surface area contributed by atoms with E-state index >= 15 is 0 Å². The molecule has 0 aliphatic carbocycles. The molecule has 124 valence electrons. The van der Waals surface area contributed by atoms with Crippen LogP contribution in [0.2, 0.25) is 0 Å². The molecule has 0 aromatic heterocycles. The third-order valence-electron chi connectivity index (χ3n) is 4.91. The minimum absolute atomic E-state index is 0.0312. The van der Waals surface area contributed by atoms with Crippen molar-refractivity contribution in [3.63, 3.8) is 0 Å². The lowest BCUT2D eigenvalue weighted by molar-refractivity contribution is -0.916. The number of quaternary nitrogens is 1. The number of hydrogen-bond acceptors (Lipinski definition) is 2. The first-order valence-corrected chi connectivity index (χ1v) is 8.86. The van der Waals surface area contributed by atoms with Crippen molar-refractivity contribution in [3.05, 3.63) is 0 Å². The molecule has 0 amide bonds. The molecule has 0 radical (unpaired) electrons. The van der Waals surface area contributed by atoms with Crippen molar-refractivity contribution in [2.24, 2.45) is 11.3 Å². The highest BCUT2D eigenvalue weighted by Gasteiger charge is 2.35. The lowest BCUT2D eigenvalue weighted by Crippen LogP contribution is -2.52. The number of nitrogens with zero attached hydrogens (tertiary/aromatic N) is 1. The predicted octanol–water partition coefficient (Wildman–Crippen LogP) is 3.82. The van der Waals surface area contributed by atoms with Crippen LogP contribution in [-0.2, 0) is 9.47 Å². The van der Waals surface area contributed by atoms with Gasteiger partial charge in [0.2, 0.25) is 0 Å². The van der Waals surface area contributed by atoms with Crippen molar-refractivity contribution in [1.82, 2.24) is 0 Å². The molecule has 0 spiro atoms. The molecule has 3 nitrogen and oxygen atoms in total. The highest BCUT2D eigenvalue weighted by molar-refractivity contribution is 4.72. The molecule has 0 unspecified atom stereocenters. The molecular formula is C18H36NO2+. The summed E-state index contributed by atoms with van der Waals surface area (Å²) in [6, 6.07) is 0. The summed E-state index contributed by atoms with van der Waals surface area (Å²) in [4.78, 5) is 0. The first kappa shape index (κ1) is 17.2. The molecule has 2 aliphatic heterocycles. The number of likely N-dealkylation sites (tertiary alicyclic amines) is 1. The van der Waals surface area contributed by atoms with Crippen LogP contribution in [0.3, 0.4) is 0 Å². The summed E-state index contributed by atoms with van der Waals surface area (Å²) >= 11 is 0. The molecule has 3 atom stereocenters. The second-order valence-electron chi connectivity index (χ2n) is 8.94. The van der Waals surface area contributed by atoms with Crippen LogP contribution in [-0.4, -0.2) is 50.2 Å². The van der Waals surface area contributed by atoms with Crippen molar-refractivity contribution in [2.75, 3.05) is 33.3 Å². The summed E-state index contributed by atoms with van der Waals surface area (Å²) in [5, 5.41) is 0. The zero-order valence-corrected chi connectivity index (χ0v) is 14.9. The zero-order valence-electron chi connectivity index (χ0n) is 14.9. The molecule has 0 N–H and O–H groups in total. The van der Waals surface area contributed by atoms with E-state index in [1.54, 1.807) is 0 Å². The molecule has 0 aromatic rings. The fourth-order valence-corrected chi connectivity index (χ4v) is 4.13. The van der Waals surface area contributed by atoms with Crippen molar-refractivity contribution in [2.45, 2.75) is 72.2 Å². The first-order chi connectivity index (χ1) is 9.76. The normalized spacial score (nSPS) is 31.3. The van der Waals surface area contributed by atoms with Crippen LogP contribution in [0.15, 0.2) is 0 Å². The van der Waals surface area contributed by atoms with Gasteiger partial charge in [0.15, 0.2) is 6.29 Å². The summed E-state index contributed by atoms with van der Waals surface area (Å²) in [6.07, 6.45) is 6.75. The van der Waals surface area contributed by atoms with E-state index in [0.717, 1.165) is 19.6 Å². The highest BCUT2D eigenvalue weighted by Crippen LogP contribution is 2.29. The van der Waals surface area contributed by atoms with Gasteiger partial charge in [-0.05, 0) is 37.0 Å². The van der Waals surface area contributed by atoms with E-state index in [9.17, 15) is 0 Å². The lowest BCUT2D eigenvalue weighted by atomic mass is 9.84. The van der Waals surface area contributed by atoms with Crippen LogP contribution >= 0.6 is 0 Å². The van der Waals surface area contributed by atoms with E-state index in [0.29, 0.717) is 17.4 Å².